The van der Waals surface area contributed by atoms with Crippen molar-refractivity contribution >= 4 is 13.7 Å². The number of benzene rings is 1. The molecule has 0 aromatic heterocycles. The van der Waals surface area contributed by atoms with Gasteiger partial charge in [-0.05, 0) is 5.56 Å². The van der Waals surface area contributed by atoms with Crippen molar-refractivity contribution in [1.82, 2.24) is 5.32 Å². The van der Waals surface area contributed by atoms with E-state index in [-0.39, 0.29) is 12.5 Å². The predicted octanol–water partition coefficient (Wildman–Crippen LogP) is 2.00. The summed E-state index contributed by atoms with van der Waals surface area (Å²) in [5, 5.41) is 2.74. The first-order valence-corrected chi connectivity index (χ1v) is 7.68. The molecule has 112 valence electrons. The summed E-state index contributed by atoms with van der Waals surface area (Å²) in [5.41, 5.74) is 0.119. The van der Waals surface area contributed by atoms with Crippen molar-refractivity contribution in [3.05, 3.63) is 35.9 Å². The second-order valence-corrected chi connectivity index (χ2v) is 6.71. The van der Waals surface area contributed by atoms with E-state index >= 15 is 0 Å². The van der Waals surface area contributed by atoms with Gasteiger partial charge in [-0.15, -0.1) is 0 Å². The Balaban J connectivity index is 2.86. The normalized spacial score (nSPS) is 13.8. The third-order valence-electron chi connectivity index (χ3n) is 2.60. The van der Waals surface area contributed by atoms with Crippen LogP contribution in [0.15, 0.2) is 30.3 Å². The molecule has 1 rings (SSSR count). The zero-order valence-electron chi connectivity index (χ0n) is 11.7. The lowest BCUT2D eigenvalue weighted by Crippen LogP contribution is -2.39. The van der Waals surface area contributed by atoms with Gasteiger partial charge in [0.25, 0.3) is 0 Å². The minimum Gasteiger partial charge on any atom is -0.346 e. The summed E-state index contributed by atoms with van der Waals surface area (Å²) in [6.07, 6.45) is 0. The van der Waals surface area contributed by atoms with Crippen LogP contribution in [0.25, 0.3) is 0 Å². The van der Waals surface area contributed by atoms with Gasteiger partial charge < -0.3 is 15.1 Å². The fourth-order valence-corrected chi connectivity index (χ4v) is 1.80. The number of hydrogen-bond acceptors (Lipinski definition) is 3. The highest BCUT2D eigenvalue weighted by Crippen LogP contribution is 2.37. The summed E-state index contributed by atoms with van der Waals surface area (Å²) in [6.45, 7) is 4.98. The van der Waals surface area contributed by atoms with E-state index in [1.165, 1.54) is 0 Å². The molecule has 0 aliphatic heterocycles. The van der Waals surface area contributed by atoms with Gasteiger partial charge in [0.05, 0.1) is 12.6 Å². The average molecular weight is 301 g/mol. The van der Waals surface area contributed by atoms with Crippen LogP contribution in [0.2, 0.25) is 0 Å². The van der Waals surface area contributed by atoms with E-state index in [1.807, 2.05) is 6.07 Å². The lowest BCUT2D eigenvalue weighted by molar-refractivity contribution is -0.129. The summed E-state index contributed by atoms with van der Waals surface area (Å²) in [7, 11) is -4.58. The summed E-state index contributed by atoms with van der Waals surface area (Å²) in [6, 6.07) is 8.28. The molecule has 1 amide bonds. The van der Waals surface area contributed by atoms with Crippen molar-refractivity contribution in [3.63, 3.8) is 0 Å². The van der Waals surface area contributed by atoms with Crippen molar-refractivity contribution in [3.8, 4) is 0 Å². The molecular formula is C13H20NO5P. The zero-order chi connectivity index (χ0) is 15.4. The highest BCUT2D eigenvalue weighted by molar-refractivity contribution is 7.46. The Morgan fingerprint density at radius 1 is 1.30 bits per heavy atom. The number of phosphoric ester groups is 1. The van der Waals surface area contributed by atoms with Crippen LogP contribution >= 0.6 is 7.82 Å². The van der Waals surface area contributed by atoms with Crippen molar-refractivity contribution in [2.75, 3.05) is 6.61 Å². The molecule has 0 saturated carbocycles. The van der Waals surface area contributed by atoms with E-state index < -0.39 is 19.3 Å². The number of hydrogen-bond donors (Lipinski definition) is 3. The first-order chi connectivity index (χ1) is 9.09. The van der Waals surface area contributed by atoms with E-state index in [4.69, 9.17) is 9.79 Å². The number of carbonyl (C=O) groups excluding carboxylic acids is 1. The molecule has 0 aliphatic carbocycles. The molecule has 1 aromatic rings. The number of nitrogens with one attached hydrogen (secondary N) is 1. The van der Waals surface area contributed by atoms with Crippen LogP contribution in [-0.2, 0) is 13.9 Å². The monoisotopic (exact) mass is 301 g/mol. The van der Waals surface area contributed by atoms with Crippen LogP contribution in [0.1, 0.15) is 32.4 Å². The van der Waals surface area contributed by atoms with Crippen molar-refractivity contribution < 1.29 is 23.7 Å². The molecule has 0 heterocycles. The fraction of sp³-hybridized carbons (Fsp3) is 0.462. The summed E-state index contributed by atoms with van der Waals surface area (Å²) >= 11 is 0. The second kappa shape index (κ2) is 6.50. The molecule has 0 aliphatic rings. The lowest BCUT2D eigenvalue weighted by Gasteiger charge is -2.24. The summed E-state index contributed by atoms with van der Waals surface area (Å²) in [5.74, 6) is -0.222. The third-order valence-corrected chi connectivity index (χ3v) is 3.08. The molecule has 0 unspecified atom stereocenters. The van der Waals surface area contributed by atoms with E-state index in [2.05, 4.69) is 9.84 Å². The van der Waals surface area contributed by atoms with E-state index in [9.17, 15) is 9.36 Å². The Bertz CT molecular complexity index is 491. The van der Waals surface area contributed by atoms with Crippen molar-refractivity contribution in [2.24, 2.45) is 5.41 Å². The molecule has 7 heteroatoms. The maximum atomic E-state index is 12.0. The fourth-order valence-electron chi connectivity index (χ4n) is 1.45. The molecule has 0 fully saturated rings. The van der Waals surface area contributed by atoms with Crippen LogP contribution in [-0.4, -0.2) is 22.3 Å². The number of rotatable bonds is 5. The molecule has 0 saturated heterocycles. The number of carbonyl (C=O) groups is 1. The quantitative estimate of drug-likeness (QED) is 0.723. The highest BCUT2D eigenvalue weighted by atomic mass is 31.2. The zero-order valence-corrected chi connectivity index (χ0v) is 12.6. The van der Waals surface area contributed by atoms with Crippen molar-refractivity contribution in [2.45, 2.75) is 26.8 Å². The van der Waals surface area contributed by atoms with Crippen LogP contribution in [0.5, 0.6) is 0 Å². The topological polar surface area (TPSA) is 95.9 Å². The smallest absolute Gasteiger partial charge is 0.346 e. The Kier molecular flexibility index (Phi) is 5.48. The average Bonchev–Trinajstić information content (AvgIpc) is 2.33. The predicted molar refractivity (Wildman–Crippen MR) is 74.8 cm³/mol. The van der Waals surface area contributed by atoms with Gasteiger partial charge in [0, 0.05) is 5.41 Å². The molecule has 6 nitrogen and oxygen atoms in total. The van der Waals surface area contributed by atoms with Gasteiger partial charge in [-0.3, -0.25) is 9.32 Å². The second-order valence-electron chi connectivity index (χ2n) is 5.47. The number of amides is 1. The molecule has 0 bridgehead atoms. The molecule has 20 heavy (non-hydrogen) atoms. The lowest BCUT2D eigenvalue weighted by atomic mass is 9.94. The van der Waals surface area contributed by atoms with E-state index in [0.29, 0.717) is 0 Å². The molecule has 1 atom stereocenters. The molecule has 3 N–H and O–H groups in total. The molecule has 0 radical (unpaired) electrons. The Morgan fingerprint density at radius 2 is 1.85 bits per heavy atom. The van der Waals surface area contributed by atoms with Crippen LogP contribution in [0.4, 0.5) is 0 Å². The van der Waals surface area contributed by atoms with Gasteiger partial charge in [0.2, 0.25) is 5.91 Å². The maximum absolute atomic E-state index is 12.0. The van der Waals surface area contributed by atoms with Crippen LogP contribution in [0.3, 0.4) is 0 Å². The minimum absolute atomic E-state index is 0.222. The Labute approximate surface area is 118 Å². The van der Waals surface area contributed by atoms with Gasteiger partial charge in [-0.2, -0.15) is 0 Å². The SMILES string of the molecule is CC(C)(C)C(=O)N[C@H](COP(=O)(O)O)c1ccccc1. The van der Waals surface area contributed by atoms with Gasteiger partial charge in [-0.1, -0.05) is 51.1 Å². The molecule has 0 spiro atoms. The largest absolute Gasteiger partial charge is 0.469 e. The number of phosphoric acid groups is 1. The van der Waals surface area contributed by atoms with E-state index in [0.717, 1.165) is 5.56 Å². The van der Waals surface area contributed by atoms with Crippen LogP contribution < -0.4 is 5.32 Å². The van der Waals surface area contributed by atoms with Crippen LogP contribution in [0, 0.1) is 5.41 Å². The molecule has 1 aromatic carbocycles. The molecular weight excluding hydrogens is 281 g/mol. The van der Waals surface area contributed by atoms with Crippen molar-refractivity contribution in [1.29, 1.82) is 0 Å². The summed E-state index contributed by atoms with van der Waals surface area (Å²) in [4.78, 5) is 29.6. The van der Waals surface area contributed by atoms with Gasteiger partial charge in [0.1, 0.15) is 0 Å². The van der Waals surface area contributed by atoms with Gasteiger partial charge in [-0.25, -0.2) is 4.57 Å². The Hall–Kier alpha value is -1.20. The first-order valence-electron chi connectivity index (χ1n) is 6.15. The third kappa shape index (κ3) is 5.84. The minimum atomic E-state index is -4.58. The highest BCUT2D eigenvalue weighted by Gasteiger charge is 2.26. The van der Waals surface area contributed by atoms with Gasteiger partial charge in [0.15, 0.2) is 0 Å². The maximum Gasteiger partial charge on any atom is 0.469 e. The standard InChI is InChI=1S/C13H20NO5P/c1-13(2,3)12(15)14-11(9-19-20(16,17)18)10-7-5-4-6-8-10/h4-8,11H,9H2,1-3H3,(H,14,15)(H2,16,17,18)/t11-/m1/s1. The van der Waals surface area contributed by atoms with E-state index in [1.54, 1.807) is 45.0 Å². The first kappa shape index (κ1) is 16.9. The van der Waals surface area contributed by atoms with Gasteiger partial charge >= 0.3 is 7.82 Å². The Morgan fingerprint density at radius 3 is 2.30 bits per heavy atom. The summed E-state index contributed by atoms with van der Waals surface area (Å²) < 4.78 is 15.3.